The minimum absolute atomic E-state index is 0.0694. The van der Waals surface area contributed by atoms with Crippen LogP contribution in [-0.2, 0) is 16.6 Å². The quantitative estimate of drug-likeness (QED) is 0.298. The van der Waals surface area contributed by atoms with Crippen molar-refractivity contribution in [2.45, 2.75) is 37.2 Å². The van der Waals surface area contributed by atoms with Crippen LogP contribution >= 0.6 is 11.3 Å². The van der Waals surface area contributed by atoms with Crippen LogP contribution in [0.4, 0.5) is 5.13 Å². The molecule has 5 rings (SSSR count). The number of aromatic nitrogens is 1. The van der Waals surface area contributed by atoms with Gasteiger partial charge in [-0.3, -0.25) is 9.69 Å². The number of benzene rings is 3. The number of anilines is 1. The smallest absolute Gasteiger partial charge is 0.260 e. The van der Waals surface area contributed by atoms with Crippen LogP contribution in [-0.4, -0.2) is 43.3 Å². The van der Waals surface area contributed by atoms with Gasteiger partial charge in [-0.05, 0) is 67.8 Å². The lowest BCUT2D eigenvalue weighted by atomic mass is 10.1. The third kappa shape index (κ3) is 5.00. The van der Waals surface area contributed by atoms with Crippen LogP contribution in [0.3, 0.4) is 0 Å². The van der Waals surface area contributed by atoms with Gasteiger partial charge in [-0.25, -0.2) is 13.4 Å². The van der Waals surface area contributed by atoms with E-state index in [1.807, 2.05) is 55.5 Å². The molecule has 3 aromatic carbocycles. The van der Waals surface area contributed by atoms with E-state index in [0.29, 0.717) is 23.8 Å². The number of rotatable bonds is 9. The Morgan fingerprint density at radius 2 is 1.78 bits per heavy atom. The Morgan fingerprint density at radius 3 is 2.44 bits per heavy atom. The second-order valence-electron chi connectivity index (χ2n) is 8.71. The maximum absolute atomic E-state index is 13.7. The first-order valence-corrected chi connectivity index (χ1v) is 14.1. The third-order valence-corrected chi connectivity index (χ3v) is 9.12. The second-order valence-corrected chi connectivity index (χ2v) is 11.7. The van der Waals surface area contributed by atoms with Crippen LogP contribution in [0.1, 0.15) is 35.7 Å². The molecular formula is C27H27N3O4S2. The Bertz CT molecular complexity index is 1480. The van der Waals surface area contributed by atoms with E-state index in [2.05, 4.69) is 0 Å². The van der Waals surface area contributed by atoms with Crippen LogP contribution in [0.2, 0.25) is 0 Å². The molecule has 1 saturated carbocycles. The molecule has 4 aromatic rings. The summed E-state index contributed by atoms with van der Waals surface area (Å²) in [6.45, 7) is 2.84. The number of sulfonamides is 1. The Balaban J connectivity index is 1.47. The van der Waals surface area contributed by atoms with Crippen molar-refractivity contribution in [2.24, 2.45) is 0 Å². The zero-order valence-corrected chi connectivity index (χ0v) is 21.8. The van der Waals surface area contributed by atoms with Gasteiger partial charge in [0.25, 0.3) is 5.91 Å². The summed E-state index contributed by atoms with van der Waals surface area (Å²) in [6, 6.07) is 21.7. The molecule has 0 unspecified atom stereocenters. The topological polar surface area (TPSA) is 79.8 Å². The number of fused-ring (bicyclic) bond motifs is 1. The first-order valence-electron chi connectivity index (χ1n) is 11.8. The van der Waals surface area contributed by atoms with E-state index in [-0.39, 0.29) is 16.8 Å². The Hall–Kier alpha value is -3.27. The molecule has 0 N–H and O–H groups in total. The second kappa shape index (κ2) is 10.0. The average Bonchev–Trinajstić information content (AvgIpc) is 3.66. The summed E-state index contributed by atoms with van der Waals surface area (Å²) in [5, 5.41) is 0.567. The van der Waals surface area contributed by atoms with Crippen LogP contribution < -0.4 is 9.64 Å². The van der Waals surface area contributed by atoms with E-state index < -0.39 is 10.0 Å². The maximum atomic E-state index is 13.7. The maximum Gasteiger partial charge on any atom is 0.260 e. The molecule has 36 heavy (non-hydrogen) atoms. The average molecular weight is 522 g/mol. The van der Waals surface area contributed by atoms with E-state index in [1.54, 1.807) is 24.1 Å². The highest BCUT2D eigenvalue weighted by atomic mass is 32.2. The highest BCUT2D eigenvalue weighted by Crippen LogP contribution is 2.34. The van der Waals surface area contributed by atoms with Gasteiger partial charge in [0, 0.05) is 18.7 Å². The lowest BCUT2D eigenvalue weighted by Gasteiger charge is -2.21. The minimum atomic E-state index is -3.58. The van der Waals surface area contributed by atoms with Crippen LogP contribution in [0.25, 0.3) is 10.2 Å². The number of hydrogen-bond acceptors (Lipinski definition) is 6. The highest BCUT2D eigenvalue weighted by Gasteiger charge is 2.35. The third-order valence-electron chi connectivity index (χ3n) is 6.16. The lowest BCUT2D eigenvalue weighted by Crippen LogP contribution is -2.31. The summed E-state index contributed by atoms with van der Waals surface area (Å²) in [5.74, 6) is 0.511. The molecule has 0 saturated heterocycles. The summed E-state index contributed by atoms with van der Waals surface area (Å²) in [7, 11) is -1.97. The SMILES string of the molecule is CCOc1ccc2nc(N(Cc3ccccc3)C(=O)c3ccc(S(=O)(=O)N(C)C4CC4)cc3)sc2c1. The van der Waals surface area contributed by atoms with Gasteiger partial charge in [0.1, 0.15) is 5.75 Å². The molecule has 1 aliphatic carbocycles. The summed E-state index contributed by atoms with van der Waals surface area (Å²) < 4.78 is 33.7. The predicted octanol–water partition coefficient (Wildman–Crippen LogP) is 5.32. The molecule has 0 radical (unpaired) electrons. The van der Waals surface area contributed by atoms with Crippen LogP contribution in [0.15, 0.2) is 77.7 Å². The van der Waals surface area contributed by atoms with Crippen molar-refractivity contribution in [3.63, 3.8) is 0 Å². The van der Waals surface area contributed by atoms with Crippen molar-refractivity contribution in [1.82, 2.24) is 9.29 Å². The van der Waals surface area contributed by atoms with Gasteiger partial charge in [-0.2, -0.15) is 4.31 Å². The fraction of sp³-hybridized carbons (Fsp3) is 0.259. The molecule has 186 valence electrons. The normalized spacial score (nSPS) is 13.8. The van der Waals surface area contributed by atoms with Crippen molar-refractivity contribution >= 4 is 42.6 Å². The number of thiazole rings is 1. The molecule has 7 nitrogen and oxygen atoms in total. The number of carbonyl (C=O) groups excluding carboxylic acids is 1. The number of ether oxygens (including phenoxy) is 1. The van der Waals surface area contributed by atoms with Gasteiger partial charge in [0.2, 0.25) is 10.0 Å². The van der Waals surface area contributed by atoms with E-state index in [9.17, 15) is 13.2 Å². The molecule has 1 heterocycles. The van der Waals surface area contributed by atoms with Crippen molar-refractivity contribution < 1.29 is 17.9 Å². The van der Waals surface area contributed by atoms with Crippen molar-refractivity contribution in [1.29, 1.82) is 0 Å². The first kappa shape index (κ1) is 24.4. The van der Waals surface area contributed by atoms with Crippen LogP contribution in [0.5, 0.6) is 5.75 Å². The zero-order chi connectivity index (χ0) is 25.3. The molecule has 0 atom stereocenters. The Kier molecular flexibility index (Phi) is 6.79. The number of carbonyl (C=O) groups is 1. The van der Waals surface area contributed by atoms with Gasteiger partial charge in [-0.1, -0.05) is 41.7 Å². The molecule has 9 heteroatoms. The number of nitrogens with zero attached hydrogens (tertiary/aromatic N) is 3. The van der Waals surface area contributed by atoms with E-state index >= 15 is 0 Å². The summed E-state index contributed by atoms with van der Waals surface area (Å²) in [6.07, 6.45) is 1.77. The lowest BCUT2D eigenvalue weighted by molar-refractivity contribution is 0.0985. The molecule has 0 aliphatic heterocycles. The number of hydrogen-bond donors (Lipinski definition) is 0. The monoisotopic (exact) mass is 521 g/mol. The Labute approximate surface area is 215 Å². The molecule has 0 bridgehead atoms. The van der Waals surface area contributed by atoms with Crippen molar-refractivity contribution in [3.8, 4) is 5.75 Å². The predicted molar refractivity (Wildman–Crippen MR) is 142 cm³/mol. The van der Waals surface area contributed by atoms with Gasteiger partial charge in [0.05, 0.1) is 28.3 Å². The Morgan fingerprint density at radius 1 is 1.06 bits per heavy atom. The molecule has 1 aliphatic rings. The van der Waals surface area contributed by atoms with Gasteiger partial charge < -0.3 is 4.74 Å². The summed E-state index contributed by atoms with van der Waals surface area (Å²) in [5.41, 5.74) is 2.15. The molecular weight excluding hydrogens is 494 g/mol. The molecule has 1 aromatic heterocycles. The van der Waals surface area contributed by atoms with Crippen molar-refractivity contribution in [2.75, 3.05) is 18.6 Å². The zero-order valence-electron chi connectivity index (χ0n) is 20.1. The largest absolute Gasteiger partial charge is 0.494 e. The summed E-state index contributed by atoms with van der Waals surface area (Å²) >= 11 is 1.42. The fourth-order valence-electron chi connectivity index (χ4n) is 3.98. The summed E-state index contributed by atoms with van der Waals surface area (Å²) in [4.78, 5) is 20.3. The van der Waals surface area contributed by atoms with Gasteiger partial charge >= 0.3 is 0 Å². The molecule has 0 spiro atoms. The standard InChI is InChI=1S/C27H27N3O4S2/c1-3-34-22-13-16-24-25(17-22)35-27(28-24)30(18-19-7-5-4-6-8-19)26(31)20-9-14-23(15-10-20)36(32,33)29(2)21-11-12-21/h4-10,13-17,21H,3,11-12,18H2,1-2H3. The van der Waals surface area contributed by atoms with Crippen LogP contribution in [0, 0.1) is 0 Å². The number of amides is 1. The van der Waals surface area contributed by atoms with E-state index in [4.69, 9.17) is 9.72 Å². The van der Waals surface area contributed by atoms with Gasteiger partial charge in [0.15, 0.2) is 5.13 Å². The molecule has 1 fully saturated rings. The van der Waals surface area contributed by atoms with E-state index in [1.165, 1.54) is 27.8 Å². The van der Waals surface area contributed by atoms with Crippen molar-refractivity contribution in [3.05, 3.63) is 83.9 Å². The first-order chi connectivity index (χ1) is 17.4. The van der Waals surface area contributed by atoms with Gasteiger partial charge in [-0.15, -0.1) is 0 Å². The minimum Gasteiger partial charge on any atom is -0.494 e. The molecule has 1 amide bonds. The highest BCUT2D eigenvalue weighted by molar-refractivity contribution is 7.89. The van der Waals surface area contributed by atoms with E-state index in [0.717, 1.165) is 34.4 Å². The fourth-order valence-corrected chi connectivity index (χ4v) is 6.39.